The first-order valence-electron chi connectivity index (χ1n) is 13.5. The second-order valence-corrected chi connectivity index (χ2v) is 12.5. The van der Waals surface area contributed by atoms with E-state index >= 15 is 0 Å². The molecule has 4 aliphatic carbocycles. The molecule has 1 aromatic rings. The van der Waals surface area contributed by atoms with Gasteiger partial charge in [0.15, 0.2) is 0 Å². The van der Waals surface area contributed by atoms with Gasteiger partial charge in [0.1, 0.15) is 0 Å². The van der Waals surface area contributed by atoms with Gasteiger partial charge in [-0.05, 0) is 108 Å². The van der Waals surface area contributed by atoms with Crippen LogP contribution in [0.5, 0.6) is 0 Å². The second-order valence-electron chi connectivity index (χ2n) is 12.5. The number of nitrogens with zero attached hydrogens (tertiary/aromatic N) is 1. The predicted octanol–water partition coefficient (Wildman–Crippen LogP) is 6.67. The molecule has 1 aliphatic heterocycles. The van der Waals surface area contributed by atoms with Crippen LogP contribution < -0.4 is 5.32 Å². The minimum absolute atomic E-state index is 0.150. The normalized spacial score (nSPS) is 39.4. The standard InChI is InChI=1S/C30H40N2O/c1-5-19(2)25-9-6-20(18-32-25)22-7-8-23-21-17-30(12-13-30)26-16-27(33)31-15-14-29(26,4)24(21)10-11-28(22,23)3/h6-7,9,16,18-19,21,23-24H,5,8,10-15,17H2,1-4H3,(H,31,33). The fourth-order valence-electron chi connectivity index (χ4n) is 8.70. The zero-order chi connectivity index (χ0) is 23.0. The van der Waals surface area contributed by atoms with E-state index in [-0.39, 0.29) is 16.7 Å². The number of hydrogen-bond donors (Lipinski definition) is 1. The van der Waals surface area contributed by atoms with Crippen LogP contribution in [0.3, 0.4) is 0 Å². The number of aromatic nitrogens is 1. The first-order chi connectivity index (χ1) is 15.8. The highest BCUT2D eigenvalue weighted by Crippen LogP contribution is 2.74. The molecule has 3 saturated carbocycles. The maximum Gasteiger partial charge on any atom is 0.243 e. The van der Waals surface area contributed by atoms with E-state index in [1.165, 1.54) is 55.4 Å². The summed E-state index contributed by atoms with van der Waals surface area (Å²) in [5, 5.41) is 3.15. The van der Waals surface area contributed by atoms with E-state index in [1.807, 2.05) is 6.08 Å². The summed E-state index contributed by atoms with van der Waals surface area (Å²) < 4.78 is 0. The van der Waals surface area contributed by atoms with Gasteiger partial charge in [-0.2, -0.15) is 0 Å². The highest BCUT2D eigenvalue weighted by Gasteiger charge is 2.65. The summed E-state index contributed by atoms with van der Waals surface area (Å²) in [5.74, 6) is 2.87. The summed E-state index contributed by atoms with van der Waals surface area (Å²) in [6, 6.07) is 4.61. The number of rotatable bonds is 3. The molecule has 3 fully saturated rings. The molecule has 5 aliphatic rings. The van der Waals surface area contributed by atoms with Crippen molar-refractivity contribution < 1.29 is 4.79 Å². The molecule has 0 radical (unpaired) electrons. The Hall–Kier alpha value is -1.90. The summed E-state index contributed by atoms with van der Waals surface area (Å²) in [7, 11) is 0. The Morgan fingerprint density at radius 2 is 1.94 bits per heavy atom. The fourth-order valence-corrected chi connectivity index (χ4v) is 8.70. The van der Waals surface area contributed by atoms with Crippen molar-refractivity contribution in [2.24, 2.45) is 34.0 Å². The number of carbonyl (C=O) groups is 1. The van der Waals surface area contributed by atoms with Gasteiger partial charge in [0.05, 0.1) is 0 Å². The predicted molar refractivity (Wildman–Crippen MR) is 133 cm³/mol. The summed E-state index contributed by atoms with van der Waals surface area (Å²) in [6.07, 6.45) is 16.6. The summed E-state index contributed by atoms with van der Waals surface area (Å²) in [6.45, 7) is 10.4. The second kappa shape index (κ2) is 7.30. The highest BCUT2D eigenvalue weighted by atomic mass is 16.1. The first kappa shape index (κ1) is 21.6. The van der Waals surface area contributed by atoms with Crippen LogP contribution in [-0.4, -0.2) is 17.4 Å². The molecular formula is C30H40N2O. The SMILES string of the molecule is CCC(C)c1ccc(C2=CCC3C4CC5(CC5)C5=CC(=O)NCCC5(C)C4CCC23C)cn1. The molecule has 6 unspecified atom stereocenters. The maximum absolute atomic E-state index is 12.5. The third-order valence-electron chi connectivity index (χ3n) is 10.9. The highest BCUT2D eigenvalue weighted by molar-refractivity contribution is 5.89. The zero-order valence-corrected chi connectivity index (χ0v) is 20.9. The van der Waals surface area contributed by atoms with E-state index in [0.29, 0.717) is 17.3 Å². The lowest BCUT2D eigenvalue weighted by molar-refractivity contribution is -0.116. The van der Waals surface area contributed by atoms with Gasteiger partial charge in [0.2, 0.25) is 5.91 Å². The first-order valence-corrected chi connectivity index (χ1v) is 13.5. The molecular weight excluding hydrogens is 404 g/mol. The van der Waals surface area contributed by atoms with Crippen LogP contribution in [0.15, 0.2) is 36.1 Å². The molecule has 0 bridgehead atoms. The van der Waals surface area contributed by atoms with E-state index < -0.39 is 0 Å². The Balaban J connectivity index is 1.32. The number of allylic oxidation sites excluding steroid dienone is 3. The maximum atomic E-state index is 12.5. The number of pyridine rings is 1. The number of carbonyl (C=O) groups excluding carboxylic acids is 1. The van der Waals surface area contributed by atoms with Gasteiger partial charge in [-0.1, -0.05) is 45.4 Å². The molecule has 6 atom stereocenters. The third kappa shape index (κ3) is 3.06. The van der Waals surface area contributed by atoms with Gasteiger partial charge >= 0.3 is 0 Å². The molecule has 3 heteroatoms. The van der Waals surface area contributed by atoms with Crippen LogP contribution in [0.2, 0.25) is 0 Å². The number of nitrogens with one attached hydrogen (secondary N) is 1. The van der Waals surface area contributed by atoms with E-state index in [4.69, 9.17) is 4.98 Å². The molecule has 176 valence electrons. The molecule has 1 N–H and O–H groups in total. The molecule has 1 amide bonds. The largest absolute Gasteiger partial charge is 0.353 e. The van der Waals surface area contributed by atoms with Crippen molar-refractivity contribution in [3.8, 4) is 0 Å². The molecule has 3 nitrogen and oxygen atoms in total. The van der Waals surface area contributed by atoms with Crippen molar-refractivity contribution in [2.45, 2.75) is 85.0 Å². The lowest BCUT2D eigenvalue weighted by Gasteiger charge is -2.59. The van der Waals surface area contributed by atoms with Gasteiger partial charge in [0, 0.05) is 24.5 Å². The summed E-state index contributed by atoms with van der Waals surface area (Å²) in [4.78, 5) is 17.3. The molecule has 33 heavy (non-hydrogen) atoms. The van der Waals surface area contributed by atoms with Crippen LogP contribution >= 0.6 is 0 Å². The van der Waals surface area contributed by atoms with Crippen molar-refractivity contribution >= 4 is 11.5 Å². The van der Waals surface area contributed by atoms with Gasteiger partial charge in [-0.3, -0.25) is 9.78 Å². The average molecular weight is 445 g/mol. The Bertz CT molecular complexity index is 1030. The molecule has 0 aromatic carbocycles. The quantitative estimate of drug-likeness (QED) is 0.566. The Kier molecular flexibility index (Phi) is 4.78. The zero-order valence-electron chi connectivity index (χ0n) is 20.9. The Morgan fingerprint density at radius 3 is 2.64 bits per heavy atom. The molecule has 1 spiro atoms. The van der Waals surface area contributed by atoms with Crippen LogP contribution in [0, 0.1) is 34.0 Å². The number of hydrogen-bond acceptors (Lipinski definition) is 2. The van der Waals surface area contributed by atoms with Crippen LogP contribution in [0.4, 0.5) is 0 Å². The third-order valence-corrected chi connectivity index (χ3v) is 10.9. The molecule has 1 aromatic heterocycles. The Labute approximate surface area is 199 Å². The van der Waals surface area contributed by atoms with Crippen molar-refractivity contribution in [1.82, 2.24) is 10.3 Å². The number of amides is 1. The Morgan fingerprint density at radius 1 is 1.12 bits per heavy atom. The minimum Gasteiger partial charge on any atom is -0.353 e. The van der Waals surface area contributed by atoms with Crippen molar-refractivity contribution in [3.05, 3.63) is 47.3 Å². The van der Waals surface area contributed by atoms with Crippen LogP contribution in [-0.2, 0) is 4.79 Å². The van der Waals surface area contributed by atoms with Crippen molar-refractivity contribution in [1.29, 1.82) is 0 Å². The smallest absolute Gasteiger partial charge is 0.243 e. The van der Waals surface area contributed by atoms with E-state index in [0.717, 1.165) is 31.2 Å². The van der Waals surface area contributed by atoms with E-state index in [2.05, 4.69) is 57.4 Å². The van der Waals surface area contributed by atoms with Gasteiger partial charge in [-0.25, -0.2) is 0 Å². The van der Waals surface area contributed by atoms with Crippen LogP contribution in [0.1, 0.15) is 96.2 Å². The van der Waals surface area contributed by atoms with Crippen LogP contribution in [0.25, 0.3) is 5.57 Å². The van der Waals surface area contributed by atoms with Gasteiger partial charge in [-0.15, -0.1) is 0 Å². The lowest BCUT2D eigenvalue weighted by atomic mass is 9.45. The minimum atomic E-state index is 0.150. The number of fused-ring (bicyclic) bond motifs is 6. The average Bonchev–Trinajstić information content (AvgIpc) is 3.51. The molecule has 0 saturated heterocycles. The van der Waals surface area contributed by atoms with Gasteiger partial charge in [0.25, 0.3) is 0 Å². The fraction of sp³-hybridized carbons (Fsp3) is 0.667. The summed E-state index contributed by atoms with van der Waals surface area (Å²) in [5.41, 5.74) is 6.40. The summed E-state index contributed by atoms with van der Waals surface area (Å²) >= 11 is 0. The van der Waals surface area contributed by atoms with Crippen molar-refractivity contribution in [2.75, 3.05) is 6.54 Å². The monoisotopic (exact) mass is 444 g/mol. The van der Waals surface area contributed by atoms with Crippen molar-refractivity contribution in [3.63, 3.8) is 0 Å². The van der Waals surface area contributed by atoms with Gasteiger partial charge < -0.3 is 5.32 Å². The molecule has 2 heterocycles. The van der Waals surface area contributed by atoms with E-state index in [1.54, 1.807) is 5.57 Å². The molecule has 6 rings (SSSR count). The lowest BCUT2D eigenvalue weighted by Crippen LogP contribution is -2.51. The topological polar surface area (TPSA) is 42.0 Å². The van der Waals surface area contributed by atoms with E-state index in [9.17, 15) is 4.79 Å².